The summed E-state index contributed by atoms with van der Waals surface area (Å²) in [6.07, 6.45) is 7.39. The van der Waals surface area contributed by atoms with E-state index in [1.165, 1.54) is 0 Å². The van der Waals surface area contributed by atoms with Crippen LogP contribution in [0.5, 0.6) is 0 Å². The molecule has 0 aliphatic rings. The predicted octanol–water partition coefficient (Wildman–Crippen LogP) is 1.12. The molecule has 0 aliphatic carbocycles. The van der Waals surface area contributed by atoms with Gasteiger partial charge in [-0.3, -0.25) is 4.79 Å². The number of carboxylic acid groups (broad SMARTS) is 1. The molecule has 0 amide bonds. The van der Waals surface area contributed by atoms with Crippen LogP contribution in [0.1, 0.15) is 26.2 Å². The molecule has 16 heavy (non-hydrogen) atoms. The zero-order valence-corrected chi connectivity index (χ0v) is 9.59. The van der Waals surface area contributed by atoms with Crippen LogP contribution < -0.4 is 5.32 Å². The molecular formula is C11H19N3O2. The zero-order valence-electron chi connectivity index (χ0n) is 9.59. The number of hydrogen-bond donors (Lipinski definition) is 2. The van der Waals surface area contributed by atoms with Gasteiger partial charge in [0.1, 0.15) is 0 Å². The summed E-state index contributed by atoms with van der Waals surface area (Å²) in [5.74, 6) is -0.716. The average molecular weight is 225 g/mol. The van der Waals surface area contributed by atoms with Crippen molar-refractivity contribution in [2.75, 3.05) is 6.54 Å². The third-order valence-electron chi connectivity index (χ3n) is 2.35. The third kappa shape index (κ3) is 5.50. The van der Waals surface area contributed by atoms with Gasteiger partial charge in [0.25, 0.3) is 0 Å². The van der Waals surface area contributed by atoms with Crippen LogP contribution in [0.4, 0.5) is 0 Å². The molecule has 2 N–H and O–H groups in total. The van der Waals surface area contributed by atoms with Gasteiger partial charge in [-0.15, -0.1) is 0 Å². The predicted molar refractivity (Wildman–Crippen MR) is 61.2 cm³/mol. The van der Waals surface area contributed by atoms with E-state index in [4.69, 9.17) is 5.11 Å². The second-order valence-electron chi connectivity index (χ2n) is 3.97. The van der Waals surface area contributed by atoms with Crippen LogP contribution in [0.3, 0.4) is 0 Å². The Morgan fingerprint density at radius 1 is 1.56 bits per heavy atom. The normalized spacial score (nSPS) is 12.6. The summed E-state index contributed by atoms with van der Waals surface area (Å²) < 4.78 is 2.02. The molecule has 0 radical (unpaired) electrons. The van der Waals surface area contributed by atoms with Gasteiger partial charge in [-0.25, -0.2) is 4.98 Å². The molecule has 90 valence electrons. The lowest BCUT2D eigenvalue weighted by molar-refractivity contribution is -0.137. The van der Waals surface area contributed by atoms with Crippen molar-refractivity contribution < 1.29 is 9.90 Å². The molecular weight excluding hydrogens is 206 g/mol. The van der Waals surface area contributed by atoms with Crippen LogP contribution in [0, 0.1) is 0 Å². The van der Waals surface area contributed by atoms with Crippen LogP contribution in [0.2, 0.25) is 0 Å². The van der Waals surface area contributed by atoms with Gasteiger partial charge in [-0.05, 0) is 26.3 Å². The number of carbonyl (C=O) groups is 1. The first-order valence-corrected chi connectivity index (χ1v) is 5.59. The zero-order chi connectivity index (χ0) is 11.8. The fraction of sp³-hybridized carbons (Fsp3) is 0.636. The number of nitrogens with one attached hydrogen (secondary N) is 1. The second kappa shape index (κ2) is 7.00. The second-order valence-corrected chi connectivity index (χ2v) is 3.97. The highest BCUT2D eigenvalue weighted by Crippen LogP contribution is 1.96. The molecule has 0 aromatic carbocycles. The van der Waals surface area contributed by atoms with Crippen molar-refractivity contribution >= 4 is 5.97 Å². The smallest absolute Gasteiger partial charge is 0.303 e. The first-order valence-electron chi connectivity index (χ1n) is 5.59. The lowest BCUT2D eigenvalue weighted by Crippen LogP contribution is -2.30. The number of rotatable bonds is 8. The molecule has 1 aromatic rings. The van der Waals surface area contributed by atoms with Gasteiger partial charge in [0, 0.05) is 31.4 Å². The molecule has 1 heterocycles. The molecule has 0 saturated heterocycles. The quantitative estimate of drug-likeness (QED) is 0.650. The van der Waals surface area contributed by atoms with Gasteiger partial charge in [0.2, 0.25) is 0 Å². The standard InChI is InChI=1S/C11H19N3O2/c1-10(8-14-7-6-12-9-14)13-5-3-2-4-11(15)16/h6-7,9-10,13H,2-5,8H2,1H3,(H,15,16). The highest BCUT2D eigenvalue weighted by Gasteiger charge is 2.02. The molecule has 5 nitrogen and oxygen atoms in total. The topological polar surface area (TPSA) is 67.2 Å². The summed E-state index contributed by atoms with van der Waals surface area (Å²) in [6, 6.07) is 0.374. The van der Waals surface area contributed by atoms with E-state index in [1.54, 1.807) is 12.5 Å². The molecule has 0 aliphatic heterocycles. The van der Waals surface area contributed by atoms with E-state index in [0.717, 1.165) is 25.9 Å². The minimum Gasteiger partial charge on any atom is -0.481 e. The molecule has 1 aromatic heterocycles. The fourth-order valence-corrected chi connectivity index (χ4v) is 1.53. The Morgan fingerprint density at radius 2 is 2.38 bits per heavy atom. The maximum Gasteiger partial charge on any atom is 0.303 e. The minimum atomic E-state index is -0.716. The summed E-state index contributed by atoms with van der Waals surface area (Å²) in [4.78, 5) is 14.3. The van der Waals surface area contributed by atoms with Gasteiger partial charge in [0.05, 0.1) is 6.33 Å². The van der Waals surface area contributed by atoms with Crippen LogP contribution in [-0.4, -0.2) is 33.2 Å². The van der Waals surface area contributed by atoms with Crippen molar-refractivity contribution in [3.8, 4) is 0 Å². The molecule has 0 fully saturated rings. The Bertz CT molecular complexity index is 298. The third-order valence-corrected chi connectivity index (χ3v) is 2.35. The maximum absolute atomic E-state index is 10.3. The van der Waals surface area contributed by atoms with Crippen LogP contribution in [-0.2, 0) is 11.3 Å². The number of carboxylic acids is 1. The van der Waals surface area contributed by atoms with Crippen molar-refractivity contribution in [2.24, 2.45) is 0 Å². The number of unbranched alkanes of at least 4 members (excludes halogenated alkanes) is 1. The summed E-state index contributed by atoms with van der Waals surface area (Å²) >= 11 is 0. The van der Waals surface area contributed by atoms with Gasteiger partial charge in [0.15, 0.2) is 0 Å². The van der Waals surface area contributed by atoms with Crippen molar-refractivity contribution in [1.82, 2.24) is 14.9 Å². The molecule has 5 heteroatoms. The minimum absolute atomic E-state index is 0.261. The summed E-state index contributed by atoms with van der Waals surface area (Å²) in [5.41, 5.74) is 0. The molecule has 0 saturated carbocycles. The van der Waals surface area contributed by atoms with Crippen LogP contribution in [0.15, 0.2) is 18.7 Å². The summed E-state index contributed by atoms with van der Waals surface area (Å²) in [7, 11) is 0. The fourth-order valence-electron chi connectivity index (χ4n) is 1.53. The first kappa shape index (κ1) is 12.7. The number of aliphatic carboxylic acids is 1. The number of hydrogen-bond acceptors (Lipinski definition) is 3. The van der Waals surface area contributed by atoms with E-state index in [9.17, 15) is 4.79 Å². The lowest BCUT2D eigenvalue weighted by atomic mass is 10.2. The average Bonchev–Trinajstić information content (AvgIpc) is 2.69. The molecule has 1 atom stereocenters. The Labute approximate surface area is 95.5 Å². The first-order chi connectivity index (χ1) is 7.68. The van der Waals surface area contributed by atoms with Crippen LogP contribution >= 0.6 is 0 Å². The Hall–Kier alpha value is -1.36. The molecule has 0 bridgehead atoms. The summed E-state index contributed by atoms with van der Waals surface area (Å²) in [6.45, 7) is 3.86. The van der Waals surface area contributed by atoms with E-state index in [1.807, 2.05) is 10.8 Å². The molecule has 0 spiro atoms. The van der Waals surface area contributed by atoms with Crippen molar-refractivity contribution in [3.05, 3.63) is 18.7 Å². The van der Waals surface area contributed by atoms with Crippen molar-refractivity contribution in [2.45, 2.75) is 38.8 Å². The van der Waals surface area contributed by atoms with E-state index in [0.29, 0.717) is 6.04 Å². The SMILES string of the molecule is CC(Cn1ccnc1)NCCCCC(=O)O. The number of aromatic nitrogens is 2. The summed E-state index contributed by atoms with van der Waals surface area (Å²) in [5, 5.41) is 11.8. The number of nitrogens with zero attached hydrogens (tertiary/aromatic N) is 2. The largest absolute Gasteiger partial charge is 0.481 e. The Morgan fingerprint density at radius 3 is 3.00 bits per heavy atom. The monoisotopic (exact) mass is 225 g/mol. The Balaban J connectivity index is 2.02. The van der Waals surface area contributed by atoms with E-state index >= 15 is 0 Å². The van der Waals surface area contributed by atoms with Crippen LogP contribution in [0.25, 0.3) is 0 Å². The Kier molecular flexibility index (Phi) is 5.56. The lowest BCUT2D eigenvalue weighted by Gasteiger charge is -2.13. The number of imidazole rings is 1. The maximum atomic E-state index is 10.3. The van der Waals surface area contributed by atoms with E-state index < -0.39 is 5.97 Å². The highest BCUT2D eigenvalue weighted by atomic mass is 16.4. The van der Waals surface area contributed by atoms with Gasteiger partial charge in [-0.2, -0.15) is 0 Å². The molecule has 1 rings (SSSR count). The van der Waals surface area contributed by atoms with Gasteiger partial charge in [-0.1, -0.05) is 0 Å². The van der Waals surface area contributed by atoms with Crippen molar-refractivity contribution in [3.63, 3.8) is 0 Å². The van der Waals surface area contributed by atoms with E-state index in [-0.39, 0.29) is 6.42 Å². The van der Waals surface area contributed by atoms with Gasteiger partial charge < -0.3 is 15.0 Å². The highest BCUT2D eigenvalue weighted by molar-refractivity contribution is 5.66. The molecule has 1 unspecified atom stereocenters. The van der Waals surface area contributed by atoms with Gasteiger partial charge >= 0.3 is 5.97 Å². The van der Waals surface area contributed by atoms with E-state index in [2.05, 4.69) is 17.2 Å². The van der Waals surface area contributed by atoms with Crippen molar-refractivity contribution in [1.29, 1.82) is 0 Å².